The molecular weight excluding hydrogens is 233 g/mol. The summed E-state index contributed by atoms with van der Waals surface area (Å²) < 4.78 is 21.7. The summed E-state index contributed by atoms with van der Waals surface area (Å²) >= 11 is 4.24. The third kappa shape index (κ3) is 4.02. The molecule has 0 aliphatic heterocycles. The molecule has 1 aromatic rings. The van der Waals surface area contributed by atoms with Gasteiger partial charge < -0.3 is 17.0 Å². The Balaban J connectivity index is 0.00000169. The first-order chi connectivity index (χ1) is 6.04. The topological polar surface area (TPSA) is 63.2 Å². The minimum atomic E-state index is -3.57. The molecule has 0 radical (unpaired) electrons. The van der Waals surface area contributed by atoms with E-state index in [0.717, 1.165) is 0 Å². The molecule has 0 atom stereocenters. The second-order valence-electron chi connectivity index (χ2n) is 2.24. The molecule has 1 N–H and O–H groups in total. The summed E-state index contributed by atoms with van der Waals surface area (Å²) in [6, 6.07) is 5.61. The van der Waals surface area contributed by atoms with E-state index in [1.54, 1.807) is 0 Å². The van der Waals surface area contributed by atoms with E-state index in [2.05, 4.69) is 17.0 Å². The molecule has 0 fully saturated rings. The van der Waals surface area contributed by atoms with Crippen molar-refractivity contribution in [3.05, 3.63) is 24.3 Å². The average Bonchev–Trinajstić information content (AvgIpc) is 2.04. The fourth-order valence-electron chi connectivity index (χ4n) is 0.786. The Hall–Kier alpha value is -0.0100. The third-order valence-corrected chi connectivity index (χ3v) is 2.80. The van der Waals surface area contributed by atoms with Gasteiger partial charge in [0.15, 0.2) is 0 Å². The van der Waals surface area contributed by atoms with Crippen LogP contribution in [0.2, 0.25) is 0 Å². The molecule has 0 aromatic heterocycles. The molecule has 0 saturated carbocycles. The molecule has 1 amide bonds. The van der Waals surface area contributed by atoms with Crippen LogP contribution < -0.4 is 34.9 Å². The van der Waals surface area contributed by atoms with E-state index in [1.807, 2.05) is 0 Å². The van der Waals surface area contributed by atoms with Gasteiger partial charge in [0.25, 0.3) is 0 Å². The van der Waals surface area contributed by atoms with Crippen LogP contribution in [0.3, 0.4) is 0 Å². The monoisotopic (exact) mass is 239 g/mol. The van der Waals surface area contributed by atoms with Crippen molar-refractivity contribution < 1.29 is 42.8 Å². The number of hydrogen-bond acceptors (Lipinski definition) is 4. The predicted molar refractivity (Wildman–Crippen MR) is 50.7 cm³/mol. The van der Waals surface area contributed by atoms with Gasteiger partial charge in [-0.25, -0.2) is 8.42 Å². The zero-order chi connectivity index (χ0) is 9.90. The molecule has 0 bridgehead atoms. The molecule has 1 rings (SSSR count). The van der Waals surface area contributed by atoms with Crippen LogP contribution in [0.15, 0.2) is 29.2 Å². The van der Waals surface area contributed by atoms with E-state index in [9.17, 15) is 13.2 Å². The molecule has 0 saturated heterocycles. The zero-order valence-corrected chi connectivity index (χ0v) is 11.1. The Kier molecular flexibility index (Phi) is 5.77. The molecule has 14 heavy (non-hydrogen) atoms. The second kappa shape index (κ2) is 5.77. The van der Waals surface area contributed by atoms with E-state index in [4.69, 9.17) is 0 Å². The van der Waals surface area contributed by atoms with Gasteiger partial charge in [0.1, 0.15) is 0 Å². The summed E-state index contributed by atoms with van der Waals surface area (Å²) in [4.78, 5) is 10.1. The maximum Gasteiger partial charge on any atom is 1.00 e. The molecular formula is C7H6NNaO3S2. The molecule has 70 valence electrons. The maximum absolute atomic E-state index is 10.8. The Morgan fingerprint density at radius 2 is 1.71 bits per heavy atom. The van der Waals surface area contributed by atoms with Crippen molar-refractivity contribution >= 4 is 32.6 Å². The van der Waals surface area contributed by atoms with Crippen molar-refractivity contribution in [3.63, 3.8) is 0 Å². The summed E-state index contributed by atoms with van der Waals surface area (Å²) in [7, 11) is -3.57. The van der Waals surface area contributed by atoms with Crippen LogP contribution in [-0.4, -0.2) is 14.8 Å². The van der Waals surface area contributed by atoms with Crippen molar-refractivity contribution in [3.8, 4) is 0 Å². The number of nitrogens with one attached hydrogen (secondary N) is 1. The Bertz CT molecular complexity index is 401. The van der Waals surface area contributed by atoms with Crippen molar-refractivity contribution in [1.82, 2.24) is 0 Å². The molecule has 4 nitrogen and oxygen atoms in total. The molecule has 0 spiro atoms. The van der Waals surface area contributed by atoms with Crippen molar-refractivity contribution in [1.29, 1.82) is 0 Å². The summed E-state index contributed by atoms with van der Waals surface area (Å²) in [6.45, 7) is 0. The fourth-order valence-corrected chi connectivity index (χ4v) is 1.59. The molecule has 0 aliphatic carbocycles. The maximum atomic E-state index is 10.8. The number of hydrogen-bond donors (Lipinski definition) is 1. The summed E-state index contributed by atoms with van der Waals surface area (Å²) in [5.41, 5.74) is 0.525. The number of carbonyl (C=O) groups excluding carboxylic acids is 1. The van der Waals surface area contributed by atoms with Crippen LogP contribution in [0.1, 0.15) is 0 Å². The molecule has 1 aromatic carbocycles. The van der Waals surface area contributed by atoms with Gasteiger partial charge in [-0.05, 0) is 24.3 Å². The van der Waals surface area contributed by atoms with E-state index in [1.165, 1.54) is 24.3 Å². The minimum absolute atomic E-state index is 0. The van der Waals surface area contributed by atoms with Crippen molar-refractivity contribution in [2.45, 2.75) is 4.90 Å². The van der Waals surface area contributed by atoms with Crippen molar-refractivity contribution in [2.75, 3.05) is 5.32 Å². The minimum Gasteiger partial charge on any atom is -0.644 e. The summed E-state index contributed by atoms with van der Waals surface area (Å²) in [5, 5.41) is 2.38. The van der Waals surface area contributed by atoms with Crippen LogP contribution in [0.4, 0.5) is 5.69 Å². The first-order valence-corrected chi connectivity index (χ1v) is 5.71. The van der Waals surface area contributed by atoms with E-state index in [0.29, 0.717) is 12.1 Å². The van der Waals surface area contributed by atoms with Crippen molar-refractivity contribution in [2.24, 2.45) is 0 Å². The quantitative estimate of drug-likeness (QED) is 0.274. The van der Waals surface area contributed by atoms with Gasteiger partial charge >= 0.3 is 29.6 Å². The first kappa shape index (κ1) is 14.0. The van der Waals surface area contributed by atoms with Gasteiger partial charge in [-0.15, -0.1) is 0 Å². The Labute approximate surface area is 109 Å². The normalized spacial score (nSPS) is 10.1. The van der Waals surface area contributed by atoms with Gasteiger partial charge in [-0.1, -0.05) is 0 Å². The fraction of sp³-hybridized carbons (Fsp3) is 0. The first-order valence-electron chi connectivity index (χ1n) is 3.30. The van der Waals surface area contributed by atoms with E-state index in [-0.39, 0.29) is 34.5 Å². The standard InChI is InChI=1S/C7H7NO3S2.Na/c9-5-8-6-1-3-7(4-2-6)13(10,11)12;/h1-5H,(H,8,9)(H,10,11,12);/q;+1/p-1. The molecule has 7 heteroatoms. The summed E-state index contributed by atoms with van der Waals surface area (Å²) in [6.07, 6.45) is 0.511. The van der Waals surface area contributed by atoms with Gasteiger partial charge in [-0.2, -0.15) is 0 Å². The predicted octanol–water partition coefficient (Wildman–Crippen LogP) is -2.51. The van der Waals surface area contributed by atoms with E-state index < -0.39 is 8.87 Å². The molecule has 0 heterocycles. The van der Waals surface area contributed by atoms with Crippen LogP contribution in [0, 0.1) is 0 Å². The number of carbonyl (C=O) groups is 1. The van der Waals surface area contributed by atoms with Gasteiger partial charge in [-0.3, -0.25) is 4.79 Å². The smallest absolute Gasteiger partial charge is 0.644 e. The second-order valence-corrected chi connectivity index (χ2v) is 4.94. The van der Waals surface area contributed by atoms with E-state index >= 15 is 0 Å². The third-order valence-electron chi connectivity index (χ3n) is 1.37. The number of benzene rings is 1. The Morgan fingerprint density at radius 3 is 2.07 bits per heavy atom. The Morgan fingerprint density at radius 1 is 1.21 bits per heavy atom. The van der Waals surface area contributed by atoms with Gasteiger partial charge in [0, 0.05) is 10.6 Å². The number of anilines is 1. The number of rotatable bonds is 3. The SMILES string of the molecule is O=CNc1ccc(S(=O)(=O)[S-])cc1.[Na+]. The largest absolute Gasteiger partial charge is 1.00 e. The average molecular weight is 239 g/mol. The van der Waals surface area contributed by atoms with Gasteiger partial charge in [0.2, 0.25) is 6.41 Å². The number of amides is 1. The van der Waals surface area contributed by atoms with Crippen LogP contribution in [0.5, 0.6) is 0 Å². The van der Waals surface area contributed by atoms with Gasteiger partial charge in [0.05, 0.1) is 8.87 Å². The summed E-state index contributed by atoms with van der Waals surface area (Å²) in [5.74, 6) is 0. The van der Waals surface area contributed by atoms with Crippen LogP contribution >= 0.6 is 0 Å². The van der Waals surface area contributed by atoms with Crippen LogP contribution in [0.25, 0.3) is 0 Å². The van der Waals surface area contributed by atoms with Crippen LogP contribution in [-0.2, 0) is 25.3 Å². The molecule has 0 aliphatic rings. The molecule has 0 unspecified atom stereocenters. The zero-order valence-electron chi connectivity index (χ0n) is 7.43.